The molecular weight excluding hydrogens is 303 g/mol. The van der Waals surface area contributed by atoms with E-state index in [0.717, 1.165) is 6.07 Å². The third-order valence-electron chi connectivity index (χ3n) is 3.02. The molecule has 0 aromatic heterocycles. The number of hydrogen-bond acceptors (Lipinski definition) is 2. The van der Waals surface area contributed by atoms with Crippen LogP contribution in [0.4, 0.5) is 13.2 Å². The maximum absolute atomic E-state index is 13.5. The van der Waals surface area contributed by atoms with Gasteiger partial charge in [-0.3, -0.25) is 0 Å². The highest BCUT2D eigenvalue weighted by atomic mass is 35.5. The third-order valence-corrected chi connectivity index (χ3v) is 3.38. The Morgan fingerprint density at radius 2 is 1.86 bits per heavy atom. The minimum Gasteiger partial charge on any atom is -0.387 e. The second-order valence-corrected chi connectivity index (χ2v) is 4.92. The number of aliphatic hydroxyl groups excluding tert-OH is 1. The first kappa shape index (κ1) is 15.8. The van der Waals surface area contributed by atoms with Crippen LogP contribution in [-0.2, 0) is 6.54 Å². The van der Waals surface area contributed by atoms with Gasteiger partial charge in [-0.15, -0.1) is 0 Å². The van der Waals surface area contributed by atoms with Crippen LogP contribution in [0.2, 0.25) is 5.02 Å². The van der Waals surface area contributed by atoms with Crippen molar-refractivity contribution in [3.8, 4) is 0 Å². The lowest BCUT2D eigenvalue weighted by atomic mass is 10.1. The van der Waals surface area contributed by atoms with Crippen molar-refractivity contribution < 1.29 is 18.3 Å². The molecule has 2 aromatic rings. The van der Waals surface area contributed by atoms with Crippen LogP contribution in [0.1, 0.15) is 17.2 Å². The summed E-state index contributed by atoms with van der Waals surface area (Å²) in [7, 11) is 0. The van der Waals surface area contributed by atoms with Crippen LogP contribution >= 0.6 is 11.6 Å². The number of benzene rings is 2. The molecular formula is C15H13ClF3NO. The van der Waals surface area contributed by atoms with Crippen LogP contribution in [0, 0.1) is 17.5 Å². The topological polar surface area (TPSA) is 32.3 Å². The molecule has 0 heterocycles. The van der Waals surface area contributed by atoms with Crippen molar-refractivity contribution in [1.82, 2.24) is 5.32 Å². The van der Waals surface area contributed by atoms with Crippen molar-refractivity contribution in [2.45, 2.75) is 12.6 Å². The summed E-state index contributed by atoms with van der Waals surface area (Å²) in [5.41, 5.74) is 0.245. The SMILES string of the molecule is O[C@H](CNCc1c(F)cccc1Cl)c1ccc(F)cc1F. The highest BCUT2D eigenvalue weighted by molar-refractivity contribution is 6.31. The molecule has 2 aromatic carbocycles. The summed E-state index contributed by atoms with van der Waals surface area (Å²) in [4.78, 5) is 0. The van der Waals surface area contributed by atoms with E-state index in [-0.39, 0.29) is 29.2 Å². The molecule has 0 saturated heterocycles. The molecule has 0 aliphatic heterocycles. The van der Waals surface area contributed by atoms with Crippen LogP contribution < -0.4 is 5.32 Å². The van der Waals surface area contributed by atoms with Crippen LogP contribution in [0.15, 0.2) is 36.4 Å². The van der Waals surface area contributed by atoms with Crippen molar-refractivity contribution in [2.24, 2.45) is 0 Å². The second kappa shape index (κ2) is 6.93. The Morgan fingerprint density at radius 1 is 1.10 bits per heavy atom. The standard InChI is InChI=1S/C15H13ClF3NO/c16-12-2-1-3-13(18)11(12)7-20-8-15(21)10-5-4-9(17)6-14(10)19/h1-6,15,20-21H,7-8H2/t15-/m1/s1. The van der Waals surface area contributed by atoms with E-state index < -0.39 is 23.6 Å². The zero-order chi connectivity index (χ0) is 15.4. The molecule has 0 radical (unpaired) electrons. The molecule has 2 rings (SSSR count). The Balaban J connectivity index is 1.97. The van der Waals surface area contributed by atoms with Crippen LogP contribution in [-0.4, -0.2) is 11.7 Å². The molecule has 0 saturated carbocycles. The summed E-state index contributed by atoms with van der Waals surface area (Å²) in [6, 6.07) is 7.26. The molecule has 0 aliphatic rings. The monoisotopic (exact) mass is 315 g/mol. The zero-order valence-electron chi connectivity index (χ0n) is 10.9. The van der Waals surface area contributed by atoms with Crippen LogP contribution in [0.5, 0.6) is 0 Å². The van der Waals surface area contributed by atoms with Crippen molar-refractivity contribution in [2.75, 3.05) is 6.54 Å². The molecule has 2 N–H and O–H groups in total. The highest BCUT2D eigenvalue weighted by Gasteiger charge is 2.14. The molecule has 2 nitrogen and oxygen atoms in total. The van der Waals surface area contributed by atoms with Crippen molar-refractivity contribution >= 4 is 11.6 Å². The summed E-state index contributed by atoms with van der Waals surface area (Å²) in [5.74, 6) is -2.00. The first-order valence-electron chi connectivity index (χ1n) is 6.25. The number of halogens is 4. The minimum absolute atomic E-state index is 0.0206. The molecule has 0 spiro atoms. The van der Waals surface area contributed by atoms with Crippen LogP contribution in [0.3, 0.4) is 0 Å². The lowest BCUT2D eigenvalue weighted by Gasteiger charge is -2.14. The molecule has 0 unspecified atom stereocenters. The van der Waals surface area contributed by atoms with Gasteiger partial charge in [-0.1, -0.05) is 23.7 Å². The maximum atomic E-state index is 13.5. The largest absolute Gasteiger partial charge is 0.387 e. The van der Waals surface area contributed by atoms with Gasteiger partial charge in [0.15, 0.2) is 0 Å². The van der Waals surface area contributed by atoms with Gasteiger partial charge in [0.2, 0.25) is 0 Å². The Bertz CT molecular complexity index is 616. The fourth-order valence-corrected chi connectivity index (χ4v) is 2.15. The van der Waals surface area contributed by atoms with E-state index in [1.807, 2.05) is 0 Å². The fraction of sp³-hybridized carbons (Fsp3) is 0.200. The quantitative estimate of drug-likeness (QED) is 0.884. The normalized spacial score (nSPS) is 12.4. The van der Waals surface area contributed by atoms with E-state index >= 15 is 0 Å². The highest BCUT2D eigenvalue weighted by Crippen LogP contribution is 2.20. The Kier molecular flexibility index (Phi) is 5.22. The maximum Gasteiger partial charge on any atom is 0.131 e. The van der Waals surface area contributed by atoms with Gasteiger partial charge in [0, 0.05) is 35.3 Å². The summed E-state index contributed by atoms with van der Waals surface area (Å²) in [6.07, 6.45) is -1.17. The van der Waals surface area contributed by atoms with Crippen molar-refractivity contribution in [3.05, 3.63) is 70.0 Å². The Morgan fingerprint density at radius 3 is 2.52 bits per heavy atom. The molecule has 1 atom stereocenters. The number of aliphatic hydroxyl groups is 1. The molecule has 21 heavy (non-hydrogen) atoms. The van der Waals surface area contributed by atoms with E-state index in [0.29, 0.717) is 6.07 Å². The van der Waals surface area contributed by atoms with Crippen molar-refractivity contribution in [3.63, 3.8) is 0 Å². The molecule has 0 bridgehead atoms. The lowest BCUT2D eigenvalue weighted by Crippen LogP contribution is -2.22. The Labute approximate surface area is 125 Å². The van der Waals surface area contributed by atoms with Gasteiger partial charge in [-0.2, -0.15) is 0 Å². The summed E-state index contributed by atoms with van der Waals surface area (Å²) < 4.78 is 39.8. The fourth-order valence-electron chi connectivity index (χ4n) is 1.92. The number of rotatable bonds is 5. The molecule has 0 amide bonds. The second-order valence-electron chi connectivity index (χ2n) is 4.51. The van der Waals surface area contributed by atoms with Gasteiger partial charge in [0.05, 0.1) is 6.10 Å². The molecule has 6 heteroatoms. The number of nitrogens with one attached hydrogen (secondary N) is 1. The van der Waals surface area contributed by atoms with Gasteiger partial charge in [-0.05, 0) is 18.2 Å². The van der Waals surface area contributed by atoms with Gasteiger partial charge >= 0.3 is 0 Å². The van der Waals surface area contributed by atoms with Gasteiger partial charge in [0.1, 0.15) is 17.5 Å². The van der Waals surface area contributed by atoms with E-state index in [2.05, 4.69) is 5.32 Å². The lowest BCUT2D eigenvalue weighted by molar-refractivity contribution is 0.169. The zero-order valence-corrected chi connectivity index (χ0v) is 11.7. The predicted octanol–water partition coefficient (Wildman–Crippen LogP) is 3.58. The van der Waals surface area contributed by atoms with Gasteiger partial charge < -0.3 is 10.4 Å². The van der Waals surface area contributed by atoms with Crippen LogP contribution in [0.25, 0.3) is 0 Å². The summed E-state index contributed by atoms with van der Waals surface area (Å²) in [6.45, 7) is 0.0681. The van der Waals surface area contributed by atoms with Crippen molar-refractivity contribution in [1.29, 1.82) is 0 Å². The summed E-state index contributed by atoms with van der Waals surface area (Å²) in [5, 5.41) is 12.9. The smallest absolute Gasteiger partial charge is 0.131 e. The average Bonchev–Trinajstić information content (AvgIpc) is 2.42. The van der Waals surface area contributed by atoms with Gasteiger partial charge in [-0.25, -0.2) is 13.2 Å². The molecule has 0 aliphatic carbocycles. The van der Waals surface area contributed by atoms with E-state index in [1.165, 1.54) is 18.2 Å². The summed E-state index contributed by atoms with van der Waals surface area (Å²) >= 11 is 5.86. The Hall–Kier alpha value is -1.56. The number of hydrogen-bond donors (Lipinski definition) is 2. The molecule has 0 fully saturated rings. The van der Waals surface area contributed by atoms with Gasteiger partial charge in [0.25, 0.3) is 0 Å². The van der Waals surface area contributed by atoms with E-state index in [9.17, 15) is 18.3 Å². The van der Waals surface area contributed by atoms with E-state index in [1.54, 1.807) is 6.07 Å². The predicted molar refractivity (Wildman–Crippen MR) is 74.4 cm³/mol. The third kappa shape index (κ3) is 3.97. The first-order valence-corrected chi connectivity index (χ1v) is 6.63. The minimum atomic E-state index is -1.17. The molecule has 112 valence electrons. The average molecular weight is 316 g/mol. The van der Waals surface area contributed by atoms with E-state index in [4.69, 9.17) is 11.6 Å². The first-order chi connectivity index (χ1) is 9.99.